The van der Waals surface area contributed by atoms with E-state index in [2.05, 4.69) is 25.9 Å². The summed E-state index contributed by atoms with van der Waals surface area (Å²) in [4.78, 5) is 18.5. The highest BCUT2D eigenvalue weighted by Gasteiger charge is 2.10. The van der Waals surface area contributed by atoms with Crippen molar-refractivity contribution in [3.63, 3.8) is 0 Å². The average molecular weight is 309 g/mol. The number of benzene rings is 1. The summed E-state index contributed by atoms with van der Waals surface area (Å²) in [7, 11) is 0. The lowest BCUT2D eigenvalue weighted by Gasteiger charge is -2.09. The third kappa shape index (κ3) is 3.04. The van der Waals surface area contributed by atoms with Gasteiger partial charge in [-0.05, 0) is 22.0 Å². The van der Waals surface area contributed by atoms with Gasteiger partial charge in [-0.3, -0.25) is 4.79 Å². The largest absolute Gasteiger partial charge is 0.481 e. The molecule has 2 aromatic rings. The highest BCUT2D eigenvalue weighted by atomic mass is 79.9. The van der Waals surface area contributed by atoms with Gasteiger partial charge < -0.3 is 9.84 Å². The molecule has 0 bridgehead atoms. The molecule has 1 aromatic heterocycles. The van der Waals surface area contributed by atoms with Crippen molar-refractivity contribution < 1.29 is 14.6 Å². The van der Waals surface area contributed by atoms with Crippen molar-refractivity contribution in [2.45, 2.75) is 6.42 Å². The standard InChI is InChI=1S/C12H9BrN2O3/c13-9-6-14-7-15-12(9)18-10-4-2-1-3-8(10)5-11(16)17/h1-4,6-7H,5H2,(H,16,17). The molecule has 0 saturated carbocycles. The number of nitrogens with zero attached hydrogens (tertiary/aromatic N) is 2. The zero-order valence-corrected chi connectivity index (χ0v) is 10.8. The molecular formula is C12H9BrN2O3. The van der Waals surface area contributed by atoms with Crippen LogP contribution in [0.4, 0.5) is 0 Å². The Balaban J connectivity index is 2.29. The molecule has 0 radical (unpaired) electrons. The predicted molar refractivity (Wildman–Crippen MR) is 67.6 cm³/mol. The minimum atomic E-state index is -0.909. The van der Waals surface area contributed by atoms with E-state index in [0.29, 0.717) is 21.7 Å². The topological polar surface area (TPSA) is 72.3 Å². The monoisotopic (exact) mass is 308 g/mol. The normalized spacial score (nSPS) is 10.1. The first-order valence-electron chi connectivity index (χ1n) is 5.10. The number of carboxylic acids is 1. The molecule has 0 amide bonds. The van der Waals surface area contributed by atoms with Gasteiger partial charge in [0.15, 0.2) is 0 Å². The fraction of sp³-hybridized carbons (Fsp3) is 0.0833. The number of para-hydroxylation sites is 1. The summed E-state index contributed by atoms with van der Waals surface area (Å²) in [5, 5.41) is 8.82. The molecule has 0 aliphatic carbocycles. The van der Waals surface area contributed by atoms with E-state index in [9.17, 15) is 4.79 Å². The maximum atomic E-state index is 10.7. The molecule has 0 aliphatic heterocycles. The van der Waals surface area contributed by atoms with Crippen LogP contribution < -0.4 is 4.74 Å². The Morgan fingerprint density at radius 2 is 2.17 bits per heavy atom. The van der Waals surface area contributed by atoms with Crippen molar-refractivity contribution in [1.82, 2.24) is 9.97 Å². The Bertz CT molecular complexity index is 575. The van der Waals surface area contributed by atoms with Gasteiger partial charge in [0.1, 0.15) is 12.1 Å². The Labute approximate surface area is 112 Å². The molecule has 0 unspecified atom stereocenters. The van der Waals surface area contributed by atoms with Crippen molar-refractivity contribution in [3.8, 4) is 11.6 Å². The van der Waals surface area contributed by atoms with Crippen molar-refractivity contribution in [1.29, 1.82) is 0 Å². The van der Waals surface area contributed by atoms with E-state index in [1.54, 1.807) is 30.5 Å². The van der Waals surface area contributed by atoms with Gasteiger partial charge >= 0.3 is 5.97 Å². The van der Waals surface area contributed by atoms with Gasteiger partial charge in [-0.2, -0.15) is 0 Å². The van der Waals surface area contributed by atoms with E-state index in [-0.39, 0.29) is 6.42 Å². The van der Waals surface area contributed by atoms with Gasteiger partial charge in [-0.15, -0.1) is 0 Å². The fourth-order valence-corrected chi connectivity index (χ4v) is 1.69. The smallest absolute Gasteiger partial charge is 0.307 e. The summed E-state index contributed by atoms with van der Waals surface area (Å²) < 4.78 is 6.19. The number of aliphatic carboxylic acids is 1. The van der Waals surface area contributed by atoms with Crippen LogP contribution in [0.5, 0.6) is 11.6 Å². The third-order valence-electron chi connectivity index (χ3n) is 2.15. The molecular weight excluding hydrogens is 300 g/mol. The number of rotatable bonds is 4. The van der Waals surface area contributed by atoms with Crippen LogP contribution in [0, 0.1) is 0 Å². The first-order valence-corrected chi connectivity index (χ1v) is 5.89. The highest BCUT2D eigenvalue weighted by Crippen LogP contribution is 2.28. The first-order chi connectivity index (χ1) is 8.66. The van der Waals surface area contributed by atoms with Crippen molar-refractivity contribution in [3.05, 3.63) is 46.8 Å². The fourth-order valence-electron chi connectivity index (χ4n) is 1.39. The Morgan fingerprint density at radius 1 is 1.39 bits per heavy atom. The molecule has 18 heavy (non-hydrogen) atoms. The molecule has 0 atom stereocenters. The van der Waals surface area contributed by atoms with Crippen molar-refractivity contribution >= 4 is 21.9 Å². The Morgan fingerprint density at radius 3 is 2.89 bits per heavy atom. The molecule has 0 fully saturated rings. The number of carboxylic acid groups (broad SMARTS) is 1. The van der Waals surface area contributed by atoms with Gasteiger partial charge in [0.2, 0.25) is 5.88 Å². The molecule has 1 aromatic carbocycles. The van der Waals surface area contributed by atoms with Gasteiger partial charge in [0, 0.05) is 11.8 Å². The SMILES string of the molecule is O=C(O)Cc1ccccc1Oc1ncncc1Br. The van der Waals surface area contributed by atoms with Crippen molar-refractivity contribution in [2.75, 3.05) is 0 Å². The van der Waals surface area contributed by atoms with Gasteiger partial charge in [-0.25, -0.2) is 9.97 Å². The van der Waals surface area contributed by atoms with E-state index >= 15 is 0 Å². The quantitative estimate of drug-likeness (QED) is 0.940. The Hall–Kier alpha value is -1.95. The molecule has 1 heterocycles. The number of aromatic nitrogens is 2. The molecule has 0 aliphatic rings. The molecule has 1 N–H and O–H groups in total. The average Bonchev–Trinajstić information content (AvgIpc) is 2.34. The second-order valence-electron chi connectivity index (χ2n) is 3.46. The number of carbonyl (C=O) groups is 1. The molecule has 6 heteroatoms. The number of halogens is 1. The summed E-state index contributed by atoms with van der Waals surface area (Å²) in [5.41, 5.74) is 0.593. The molecule has 5 nitrogen and oxygen atoms in total. The van der Waals surface area contributed by atoms with Gasteiger partial charge in [0.25, 0.3) is 0 Å². The maximum absolute atomic E-state index is 10.7. The summed E-state index contributed by atoms with van der Waals surface area (Å²) in [6, 6.07) is 6.95. The maximum Gasteiger partial charge on any atom is 0.307 e. The summed E-state index contributed by atoms with van der Waals surface area (Å²) in [6.07, 6.45) is 2.82. The molecule has 2 rings (SSSR count). The van der Waals surface area contributed by atoms with E-state index < -0.39 is 5.97 Å². The van der Waals surface area contributed by atoms with Crippen LogP contribution in [0.2, 0.25) is 0 Å². The van der Waals surface area contributed by atoms with E-state index in [0.717, 1.165) is 0 Å². The minimum Gasteiger partial charge on any atom is -0.481 e. The first kappa shape index (κ1) is 12.5. The summed E-state index contributed by atoms with van der Waals surface area (Å²) in [6.45, 7) is 0. The van der Waals surface area contributed by atoms with Crippen LogP contribution >= 0.6 is 15.9 Å². The number of hydrogen-bond acceptors (Lipinski definition) is 4. The lowest BCUT2D eigenvalue weighted by Crippen LogP contribution is -2.02. The second kappa shape index (κ2) is 5.59. The van der Waals surface area contributed by atoms with Crippen LogP contribution in [0.3, 0.4) is 0 Å². The lowest BCUT2D eigenvalue weighted by molar-refractivity contribution is -0.136. The van der Waals surface area contributed by atoms with Crippen molar-refractivity contribution in [2.24, 2.45) is 0 Å². The molecule has 0 saturated heterocycles. The Kier molecular flexibility index (Phi) is 3.88. The zero-order valence-electron chi connectivity index (χ0n) is 9.21. The molecule has 0 spiro atoms. The predicted octanol–water partition coefficient (Wildman–Crippen LogP) is 2.66. The number of hydrogen-bond donors (Lipinski definition) is 1. The van der Waals surface area contributed by atoms with Crippen LogP contribution in [0.25, 0.3) is 0 Å². The van der Waals surface area contributed by atoms with E-state index in [1.165, 1.54) is 6.33 Å². The summed E-state index contributed by atoms with van der Waals surface area (Å²) >= 11 is 3.26. The molecule has 92 valence electrons. The van der Waals surface area contributed by atoms with Gasteiger partial charge in [0.05, 0.1) is 10.9 Å². The van der Waals surface area contributed by atoms with Gasteiger partial charge in [-0.1, -0.05) is 18.2 Å². The zero-order chi connectivity index (χ0) is 13.0. The lowest BCUT2D eigenvalue weighted by atomic mass is 10.1. The third-order valence-corrected chi connectivity index (χ3v) is 2.70. The highest BCUT2D eigenvalue weighted by molar-refractivity contribution is 9.10. The number of ether oxygens (including phenoxy) is 1. The van der Waals surface area contributed by atoms with E-state index in [4.69, 9.17) is 9.84 Å². The second-order valence-corrected chi connectivity index (χ2v) is 4.31. The summed E-state index contributed by atoms with van der Waals surface area (Å²) in [5.74, 6) is -0.0880. The van der Waals surface area contributed by atoms with Crippen LogP contribution in [0.15, 0.2) is 41.3 Å². The minimum absolute atomic E-state index is 0.0983. The van der Waals surface area contributed by atoms with Crippen LogP contribution in [-0.4, -0.2) is 21.0 Å². The van der Waals surface area contributed by atoms with Crippen LogP contribution in [0.1, 0.15) is 5.56 Å². The van der Waals surface area contributed by atoms with E-state index in [1.807, 2.05) is 0 Å². The van der Waals surface area contributed by atoms with Crippen LogP contribution in [-0.2, 0) is 11.2 Å².